The van der Waals surface area contributed by atoms with Crippen LogP contribution in [0, 0.1) is 0 Å². The number of hydrogen-bond donors (Lipinski definition) is 2. The van der Waals surface area contributed by atoms with E-state index in [0.29, 0.717) is 19.3 Å². The van der Waals surface area contributed by atoms with Crippen molar-refractivity contribution in [2.24, 2.45) is 0 Å². The summed E-state index contributed by atoms with van der Waals surface area (Å²) >= 11 is 1.31. The summed E-state index contributed by atoms with van der Waals surface area (Å²) in [6.07, 6.45) is 56.9. The number of amides is 1. The Bertz CT molecular complexity index is 1120. The van der Waals surface area contributed by atoms with Crippen molar-refractivity contribution in [2.75, 3.05) is 18.1 Å². The van der Waals surface area contributed by atoms with E-state index >= 15 is 0 Å². The third kappa shape index (κ3) is 52.4. The van der Waals surface area contributed by atoms with Gasteiger partial charge in [-0.15, -0.1) is 0 Å². The highest BCUT2D eigenvalue weighted by molar-refractivity contribution is 7.99. The second-order valence-corrected chi connectivity index (χ2v) is 22.0. The monoisotopic (exact) mass is 994 g/mol. The first-order valence-corrected chi connectivity index (χ1v) is 31.4. The van der Waals surface area contributed by atoms with Crippen LogP contribution in [0.1, 0.15) is 329 Å². The van der Waals surface area contributed by atoms with Crippen LogP contribution in [-0.4, -0.2) is 59.2 Å². The van der Waals surface area contributed by atoms with Gasteiger partial charge in [-0.25, -0.2) is 4.79 Å². The lowest BCUT2D eigenvalue weighted by molar-refractivity contribution is -0.157. The molecule has 0 spiro atoms. The van der Waals surface area contributed by atoms with Crippen molar-refractivity contribution in [2.45, 2.75) is 341 Å². The Balaban J connectivity index is 4.56. The molecular weight excluding hydrogens is 879 g/mol. The molecule has 0 saturated heterocycles. The zero-order chi connectivity index (χ0) is 50.4. The maximum atomic E-state index is 13.0. The summed E-state index contributed by atoms with van der Waals surface area (Å²) in [5.74, 6) is -1.48. The van der Waals surface area contributed by atoms with Crippen molar-refractivity contribution in [1.82, 2.24) is 5.32 Å². The van der Waals surface area contributed by atoms with Crippen molar-refractivity contribution < 1.29 is 33.8 Å². The Morgan fingerprint density at radius 3 is 0.957 bits per heavy atom. The van der Waals surface area contributed by atoms with Crippen molar-refractivity contribution in [1.29, 1.82) is 0 Å². The van der Waals surface area contributed by atoms with E-state index in [-0.39, 0.29) is 36.0 Å². The molecule has 0 fully saturated rings. The Labute approximate surface area is 432 Å². The lowest BCUT2D eigenvalue weighted by Crippen LogP contribution is -2.42. The zero-order valence-corrected chi connectivity index (χ0v) is 46.8. The fraction of sp³-hybridized carbons (Fsp3) is 0.933. The van der Waals surface area contributed by atoms with Gasteiger partial charge < -0.3 is 19.9 Å². The minimum absolute atomic E-state index is 0.0432. The van der Waals surface area contributed by atoms with Crippen LogP contribution in [0.5, 0.6) is 0 Å². The lowest BCUT2D eigenvalue weighted by atomic mass is 10.0. The number of hydrogen-bond acceptors (Lipinski definition) is 7. The van der Waals surface area contributed by atoms with E-state index in [2.05, 4.69) is 26.1 Å². The molecule has 0 saturated carbocycles. The molecule has 0 aromatic heterocycles. The lowest BCUT2D eigenvalue weighted by Gasteiger charge is -2.19. The van der Waals surface area contributed by atoms with Crippen LogP contribution in [0.2, 0.25) is 0 Å². The number of carbonyl (C=O) groups is 4. The van der Waals surface area contributed by atoms with Crippen molar-refractivity contribution in [3.05, 3.63) is 0 Å². The summed E-state index contributed by atoms with van der Waals surface area (Å²) in [6.45, 7) is 6.76. The van der Waals surface area contributed by atoms with Crippen LogP contribution < -0.4 is 5.32 Å². The normalized spacial score (nSPS) is 12.3. The minimum atomic E-state index is -1.08. The molecule has 0 bridgehead atoms. The molecule has 0 rings (SSSR count). The Morgan fingerprint density at radius 2 is 0.652 bits per heavy atom. The van der Waals surface area contributed by atoms with Crippen LogP contribution in [0.25, 0.3) is 0 Å². The van der Waals surface area contributed by atoms with Crippen LogP contribution >= 0.6 is 11.8 Å². The molecule has 69 heavy (non-hydrogen) atoms. The molecule has 8 nitrogen and oxygen atoms in total. The second-order valence-electron chi connectivity index (χ2n) is 20.9. The third-order valence-corrected chi connectivity index (χ3v) is 15.1. The number of ether oxygens (including phenoxy) is 2. The summed E-state index contributed by atoms with van der Waals surface area (Å²) < 4.78 is 11.5. The largest absolute Gasteiger partial charge is 0.480 e. The molecule has 0 aromatic carbocycles. The molecule has 0 aliphatic carbocycles. The van der Waals surface area contributed by atoms with Crippen LogP contribution in [0.4, 0.5) is 0 Å². The standard InChI is InChI=1S/C60H115NO7S/c1-4-7-10-13-16-19-22-25-28-31-34-37-40-43-46-49-57(62)61-56(60(65)66)54-69-53-55(68-59(64)51-48-45-42-39-36-33-30-27-24-21-18-15-12-9-6-3)52-67-58(63)50-47-44-41-38-35-32-29-26-23-20-17-14-11-8-5-2/h55-56H,4-54H2,1-3H3,(H,61,62)(H,65,66)/t55-,56-/m1/s1. The van der Waals surface area contributed by atoms with Gasteiger partial charge >= 0.3 is 17.9 Å². The van der Waals surface area contributed by atoms with Gasteiger partial charge in [-0.05, 0) is 19.3 Å². The SMILES string of the molecule is CCCCCCCCCCCCCCCCCC(=O)N[C@H](CSC[C@@H](COC(=O)CCCCCCCCCCCCCCCCC)OC(=O)CCCCCCCCCCCCCCCCC)C(=O)O. The van der Waals surface area contributed by atoms with Crippen LogP contribution in [0.15, 0.2) is 0 Å². The highest BCUT2D eigenvalue weighted by Crippen LogP contribution is 2.18. The van der Waals surface area contributed by atoms with Crippen LogP contribution in [0.3, 0.4) is 0 Å². The van der Waals surface area contributed by atoms with Gasteiger partial charge in [0.1, 0.15) is 18.8 Å². The smallest absolute Gasteiger partial charge is 0.327 e. The molecular formula is C60H115NO7S. The topological polar surface area (TPSA) is 119 Å². The Hall–Kier alpha value is -1.77. The predicted molar refractivity (Wildman–Crippen MR) is 296 cm³/mol. The van der Waals surface area contributed by atoms with E-state index in [0.717, 1.165) is 57.8 Å². The quantitative estimate of drug-likeness (QED) is 0.0457. The van der Waals surface area contributed by atoms with Crippen molar-refractivity contribution in [3.8, 4) is 0 Å². The first-order valence-electron chi connectivity index (χ1n) is 30.3. The van der Waals surface area contributed by atoms with Gasteiger partial charge in [0.05, 0.1) is 0 Å². The molecule has 0 radical (unpaired) electrons. The van der Waals surface area contributed by atoms with Gasteiger partial charge in [0.25, 0.3) is 0 Å². The number of esters is 2. The average Bonchev–Trinajstić information content (AvgIpc) is 3.33. The van der Waals surface area contributed by atoms with Gasteiger partial charge in [0.2, 0.25) is 5.91 Å². The molecule has 2 N–H and O–H groups in total. The van der Waals surface area contributed by atoms with E-state index in [4.69, 9.17) is 9.47 Å². The number of aliphatic carboxylic acids is 1. The summed E-state index contributed by atoms with van der Waals surface area (Å²) in [5, 5.41) is 12.6. The molecule has 0 unspecified atom stereocenters. The molecule has 408 valence electrons. The fourth-order valence-corrected chi connectivity index (χ4v) is 10.3. The van der Waals surface area contributed by atoms with E-state index in [9.17, 15) is 24.3 Å². The molecule has 0 aromatic rings. The average molecular weight is 995 g/mol. The number of carbonyl (C=O) groups excluding carboxylic acids is 3. The highest BCUT2D eigenvalue weighted by atomic mass is 32.2. The maximum absolute atomic E-state index is 13.0. The van der Waals surface area contributed by atoms with Crippen LogP contribution in [-0.2, 0) is 28.7 Å². The molecule has 1 amide bonds. The van der Waals surface area contributed by atoms with E-state index < -0.39 is 18.1 Å². The molecule has 0 heterocycles. The van der Waals surface area contributed by atoms with E-state index in [1.54, 1.807) is 0 Å². The Kier molecular flexibility index (Phi) is 54.1. The van der Waals surface area contributed by atoms with Gasteiger partial charge in [-0.2, -0.15) is 11.8 Å². The number of carboxylic acid groups (broad SMARTS) is 1. The summed E-state index contributed by atoms with van der Waals surface area (Å²) in [6, 6.07) is -1.04. The predicted octanol–water partition coefficient (Wildman–Crippen LogP) is 18.5. The number of thioether (sulfide) groups is 1. The number of nitrogens with one attached hydrogen (secondary N) is 1. The van der Waals surface area contributed by atoms with Gasteiger partial charge in [0.15, 0.2) is 0 Å². The summed E-state index contributed by atoms with van der Waals surface area (Å²) in [4.78, 5) is 50.6. The first kappa shape index (κ1) is 67.2. The molecule has 0 aliphatic rings. The first-order chi connectivity index (χ1) is 33.8. The van der Waals surface area contributed by atoms with Crippen molar-refractivity contribution in [3.63, 3.8) is 0 Å². The third-order valence-electron chi connectivity index (χ3n) is 13.9. The molecule has 2 atom stereocenters. The second kappa shape index (κ2) is 55.5. The zero-order valence-electron chi connectivity index (χ0n) is 46.0. The van der Waals surface area contributed by atoms with Crippen molar-refractivity contribution >= 4 is 35.6 Å². The fourth-order valence-electron chi connectivity index (χ4n) is 9.32. The van der Waals surface area contributed by atoms with E-state index in [1.807, 2.05) is 0 Å². The summed E-state index contributed by atoms with van der Waals surface area (Å²) in [5.41, 5.74) is 0. The Morgan fingerprint density at radius 1 is 0.377 bits per heavy atom. The highest BCUT2D eigenvalue weighted by Gasteiger charge is 2.23. The molecule has 9 heteroatoms. The van der Waals surface area contributed by atoms with Gasteiger partial charge in [-0.3, -0.25) is 14.4 Å². The number of rotatable bonds is 57. The molecule has 0 aliphatic heterocycles. The van der Waals surface area contributed by atoms with Gasteiger partial charge in [0, 0.05) is 30.8 Å². The number of unbranched alkanes of at least 4 members (excludes halogenated alkanes) is 42. The summed E-state index contributed by atoms with van der Waals surface area (Å²) in [7, 11) is 0. The van der Waals surface area contributed by atoms with E-state index in [1.165, 1.54) is 243 Å². The maximum Gasteiger partial charge on any atom is 0.327 e. The number of carboxylic acids is 1. The van der Waals surface area contributed by atoms with Gasteiger partial charge in [-0.1, -0.05) is 290 Å². The minimum Gasteiger partial charge on any atom is -0.480 e.